The summed E-state index contributed by atoms with van der Waals surface area (Å²) < 4.78 is 84.5. The van der Waals surface area contributed by atoms with E-state index in [0.29, 0.717) is 174 Å². The molecule has 3 saturated heterocycles. The highest BCUT2D eigenvalue weighted by Crippen LogP contribution is 2.34. The number of aryl methyl sites for hydroxylation is 3. The van der Waals surface area contributed by atoms with Crippen LogP contribution in [0.3, 0.4) is 0 Å². The van der Waals surface area contributed by atoms with Crippen LogP contribution in [0, 0.1) is 61.7 Å². The Morgan fingerprint density at radius 1 is 0.539 bits per heavy atom. The Balaban J connectivity index is 0.000000146. The van der Waals surface area contributed by atoms with E-state index in [1.165, 1.54) is 28.7 Å². The molecule has 2 unspecified atom stereocenters. The number of halogens is 5. The summed E-state index contributed by atoms with van der Waals surface area (Å²) in [5, 5.41) is 51.1. The monoisotopic (exact) mass is 1400 g/mol. The van der Waals surface area contributed by atoms with E-state index in [1.54, 1.807) is 27.5 Å². The SMILES string of the molecule is Cc1nc2c(OCc3ccccc3)cccn2c(=O)c1CCN1CCC(/C(=N/O)c2ccc(F)cc2F)CC1.Cc1nc2n(c(=O)c1CCN1CCC(/C(=N/O)c3ccc(F)cc3F)CC1)CCCC2O.Cc1nc2n(c(=O)c1CCN1CCC(c3noc4cc(F)ccc34)CC1)CCCC2O. The van der Waals surface area contributed by atoms with Gasteiger partial charge in [-0.25, -0.2) is 36.9 Å². The van der Waals surface area contributed by atoms with Crippen molar-refractivity contribution in [3.63, 3.8) is 0 Å². The lowest BCUT2D eigenvalue weighted by Gasteiger charge is -2.32. The number of aromatic nitrogens is 7. The van der Waals surface area contributed by atoms with Crippen LogP contribution in [0.2, 0.25) is 0 Å². The quantitative estimate of drug-likeness (QED) is 0.0286. The molecule has 2 atom stereocenters. The average Bonchev–Trinajstić information content (AvgIpc) is 1.27. The van der Waals surface area contributed by atoms with Gasteiger partial charge in [-0.3, -0.25) is 27.9 Å². The van der Waals surface area contributed by atoms with E-state index in [1.807, 2.05) is 57.2 Å². The van der Waals surface area contributed by atoms with E-state index in [2.05, 4.69) is 40.1 Å². The minimum Gasteiger partial charge on any atom is -0.485 e. The molecule has 26 heteroatoms. The van der Waals surface area contributed by atoms with Crippen LogP contribution in [-0.2, 0) is 39.0 Å². The fraction of sp³-hybridized carbons (Fsp3) is 0.434. The molecular formula is C76H85F5N12O9. The van der Waals surface area contributed by atoms with Gasteiger partial charge in [-0.1, -0.05) is 45.8 Å². The Labute approximate surface area is 585 Å². The smallest absolute Gasteiger partial charge is 0.261 e. The maximum absolute atomic E-state index is 14.3. The van der Waals surface area contributed by atoms with E-state index >= 15 is 0 Å². The standard InChI is InChI=1S/C30H30F2N4O3.C23H28F2N4O3.C23H27FN4O3/c1-20-24(30(37)36-14-5-8-27(29(36)33-20)39-19-21-6-3-2-4-7-21)13-17-35-15-11-22(12-16-35)28(34-38)25-10-9-23(31)18-26(25)32;1-14-17(23(31)29-9-2-3-20(30)22(29)26-14)8-12-28-10-6-15(7-11-28)21(27-32)18-5-4-16(24)13-19(18)25;1-14-17(23(30)28-9-2-3-19(29)22(28)25-14)8-12-27-10-6-15(7-11-27)21-18-5-4-16(24)13-20(18)31-26-21/h2-10,14,18,22,38H,11-13,15-17,19H2,1H3;4-5,13,15,20,30,32H,2-3,6-12H2,1H3;4-5,13,15,19,29H,2-3,6-12H2,1H3/b34-28-;27-21-;. The molecule has 0 aliphatic carbocycles. The molecule has 4 aromatic carbocycles. The molecule has 538 valence electrons. The van der Waals surface area contributed by atoms with Crippen molar-refractivity contribution in [3.8, 4) is 5.75 Å². The normalized spacial score (nSPS) is 18.3. The molecule has 5 aliphatic rings. The highest BCUT2D eigenvalue weighted by atomic mass is 19.1. The van der Waals surface area contributed by atoms with Gasteiger partial charge in [0, 0.05) is 125 Å². The second-order valence-corrected chi connectivity index (χ2v) is 27.1. The lowest BCUT2D eigenvalue weighted by Crippen LogP contribution is -2.39. The molecule has 21 nitrogen and oxygen atoms in total. The van der Waals surface area contributed by atoms with E-state index in [-0.39, 0.29) is 56.9 Å². The van der Waals surface area contributed by atoms with E-state index in [0.717, 1.165) is 97.5 Å². The summed E-state index contributed by atoms with van der Waals surface area (Å²) in [5.74, 6) is -1.58. The lowest BCUT2D eigenvalue weighted by molar-refractivity contribution is 0.129. The van der Waals surface area contributed by atoms with Crippen molar-refractivity contribution in [3.05, 3.63) is 231 Å². The highest BCUT2D eigenvalue weighted by Gasteiger charge is 2.32. The summed E-state index contributed by atoms with van der Waals surface area (Å²) in [5.41, 5.74) is 7.63. The van der Waals surface area contributed by atoms with E-state index < -0.39 is 35.5 Å². The number of piperidine rings is 3. The van der Waals surface area contributed by atoms with Gasteiger partial charge in [-0.2, -0.15) is 0 Å². The van der Waals surface area contributed by atoms with Crippen LogP contribution in [0.4, 0.5) is 22.0 Å². The number of nitrogens with zero attached hydrogens (tertiary/aromatic N) is 12. The first-order valence-corrected chi connectivity index (χ1v) is 35.1. The number of pyridine rings is 1. The van der Waals surface area contributed by atoms with Crippen LogP contribution in [0.25, 0.3) is 16.6 Å². The van der Waals surface area contributed by atoms with Gasteiger partial charge in [0.05, 0.1) is 17.1 Å². The molecular weight excluding hydrogens is 1320 g/mol. The van der Waals surface area contributed by atoms with E-state index in [9.17, 15) is 57.0 Å². The molecule has 3 fully saturated rings. The topological polar surface area (TPSA) is 255 Å². The van der Waals surface area contributed by atoms with Crippen molar-refractivity contribution in [1.82, 2.24) is 48.3 Å². The number of benzene rings is 4. The predicted octanol–water partition coefficient (Wildman–Crippen LogP) is 10.9. The number of aliphatic hydroxyl groups excluding tert-OH is 2. The third-order valence-electron chi connectivity index (χ3n) is 20.7. The number of fused-ring (bicyclic) bond motifs is 4. The number of hydrogen-bond acceptors (Lipinski definition) is 18. The molecule has 0 spiro atoms. The number of aliphatic hydroxyl groups is 2. The summed E-state index contributed by atoms with van der Waals surface area (Å²) in [6.07, 6.45) is 9.54. The molecule has 102 heavy (non-hydrogen) atoms. The van der Waals surface area contributed by atoms with Crippen LogP contribution in [0.15, 0.2) is 132 Å². The van der Waals surface area contributed by atoms with Crippen molar-refractivity contribution >= 4 is 28.0 Å². The Kier molecular flexibility index (Phi) is 23.3. The molecule has 10 heterocycles. The first-order chi connectivity index (χ1) is 49.3. The highest BCUT2D eigenvalue weighted by molar-refractivity contribution is 6.02. The molecule has 0 amide bonds. The fourth-order valence-electron chi connectivity index (χ4n) is 14.9. The van der Waals surface area contributed by atoms with Crippen molar-refractivity contribution in [1.29, 1.82) is 0 Å². The zero-order valence-corrected chi connectivity index (χ0v) is 57.5. The molecule has 0 saturated carbocycles. The van der Waals surface area contributed by atoms with Gasteiger partial charge in [-0.15, -0.1) is 0 Å². The first-order valence-electron chi connectivity index (χ1n) is 35.1. The summed E-state index contributed by atoms with van der Waals surface area (Å²) >= 11 is 0. The van der Waals surface area contributed by atoms with Gasteiger partial charge in [0.25, 0.3) is 16.7 Å². The number of hydrogen-bond donors (Lipinski definition) is 4. The average molecular weight is 1410 g/mol. The van der Waals surface area contributed by atoms with Crippen LogP contribution >= 0.6 is 0 Å². The Hall–Kier alpha value is -9.34. The van der Waals surface area contributed by atoms with Crippen LogP contribution in [0.5, 0.6) is 5.75 Å². The molecule has 0 radical (unpaired) electrons. The van der Waals surface area contributed by atoms with Crippen LogP contribution in [0.1, 0.15) is 150 Å². The van der Waals surface area contributed by atoms with Gasteiger partial charge in [-0.05, 0) is 198 Å². The van der Waals surface area contributed by atoms with Crippen molar-refractivity contribution in [2.45, 2.75) is 142 Å². The maximum Gasteiger partial charge on any atom is 0.261 e. The number of oxime groups is 2. The number of ether oxygens (including phenoxy) is 1. The Morgan fingerprint density at radius 2 is 1.00 bits per heavy atom. The summed E-state index contributed by atoms with van der Waals surface area (Å²) in [7, 11) is 0. The third-order valence-corrected chi connectivity index (χ3v) is 20.7. The van der Waals surface area contributed by atoms with Crippen LogP contribution in [-0.4, -0.2) is 139 Å². The van der Waals surface area contributed by atoms with Crippen molar-refractivity contribution < 1.29 is 51.8 Å². The zero-order chi connectivity index (χ0) is 71.7. The summed E-state index contributed by atoms with van der Waals surface area (Å²) in [4.78, 5) is 59.9. The van der Waals surface area contributed by atoms with Gasteiger partial charge in [0.15, 0.2) is 17.0 Å². The zero-order valence-electron chi connectivity index (χ0n) is 57.5. The molecule has 5 aromatic heterocycles. The largest absolute Gasteiger partial charge is 0.485 e. The predicted molar refractivity (Wildman–Crippen MR) is 373 cm³/mol. The molecule has 4 N–H and O–H groups in total. The summed E-state index contributed by atoms with van der Waals surface area (Å²) in [6.45, 7) is 13.9. The lowest BCUT2D eigenvalue weighted by atomic mass is 9.88. The Bertz CT molecular complexity index is 4710. The number of rotatable bonds is 17. The van der Waals surface area contributed by atoms with E-state index in [4.69, 9.17) is 14.2 Å². The first kappa shape index (κ1) is 72.4. The Morgan fingerprint density at radius 3 is 1.49 bits per heavy atom. The van der Waals surface area contributed by atoms with Gasteiger partial charge in [0.1, 0.15) is 59.5 Å². The van der Waals surface area contributed by atoms with Crippen LogP contribution < -0.4 is 21.4 Å². The van der Waals surface area contributed by atoms with Gasteiger partial charge < -0.3 is 44.6 Å². The molecule has 0 bridgehead atoms. The van der Waals surface area contributed by atoms with Gasteiger partial charge >= 0.3 is 0 Å². The van der Waals surface area contributed by atoms with Crippen molar-refractivity contribution in [2.75, 3.05) is 58.9 Å². The van der Waals surface area contributed by atoms with Gasteiger partial charge in [0.2, 0.25) is 0 Å². The number of likely N-dealkylation sites (tertiary alicyclic amines) is 3. The molecule has 14 rings (SSSR count). The van der Waals surface area contributed by atoms with Crippen molar-refractivity contribution in [2.24, 2.45) is 22.1 Å². The minimum absolute atomic E-state index is 0.00237. The maximum atomic E-state index is 14.3. The second kappa shape index (κ2) is 32.8. The summed E-state index contributed by atoms with van der Waals surface area (Å²) in [6, 6.07) is 24.5. The third kappa shape index (κ3) is 16.4. The minimum atomic E-state index is -0.737. The second-order valence-electron chi connectivity index (χ2n) is 27.1. The molecule has 9 aromatic rings. The molecule has 5 aliphatic heterocycles. The fourth-order valence-corrected chi connectivity index (χ4v) is 14.9.